The van der Waals surface area contributed by atoms with Gasteiger partial charge in [-0.3, -0.25) is 4.79 Å². The van der Waals surface area contributed by atoms with E-state index >= 15 is 0 Å². The molecule has 2 fully saturated rings. The van der Waals surface area contributed by atoms with E-state index in [0.717, 1.165) is 19.1 Å². The summed E-state index contributed by atoms with van der Waals surface area (Å²) in [6, 6.07) is 10.0. The largest absolute Gasteiger partial charge is 0.332 e. The zero-order valence-corrected chi connectivity index (χ0v) is 15.2. The van der Waals surface area contributed by atoms with Crippen molar-refractivity contribution in [2.75, 3.05) is 31.5 Å². The van der Waals surface area contributed by atoms with Crippen LogP contribution in [0.3, 0.4) is 0 Å². The van der Waals surface area contributed by atoms with E-state index in [-0.39, 0.29) is 11.9 Å². The molecule has 2 heterocycles. The number of amides is 1. The van der Waals surface area contributed by atoms with Gasteiger partial charge in [-0.05, 0) is 38.3 Å². The van der Waals surface area contributed by atoms with E-state index in [0.29, 0.717) is 11.3 Å². The minimum atomic E-state index is -0.0796. The van der Waals surface area contributed by atoms with E-state index in [1.54, 1.807) is 17.0 Å². The van der Waals surface area contributed by atoms with Gasteiger partial charge < -0.3 is 15.1 Å². The van der Waals surface area contributed by atoms with Crippen molar-refractivity contribution >= 4 is 11.6 Å². The molecule has 0 bridgehead atoms. The van der Waals surface area contributed by atoms with Crippen molar-refractivity contribution in [1.29, 1.82) is 5.26 Å². The number of benzene rings is 1. The van der Waals surface area contributed by atoms with Crippen LogP contribution in [0.15, 0.2) is 24.3 Å². The summed E-state index contributed by atoms with van der Waals surface area (Å²) in [5, 5.41) is 12.1. The number of piperidine rings is 2. The lowest BCUT2D eigenvalue weighted by Gasteiger charge is -2.37. The first-order valence-electron chi connectivity index (χ1n) is 9.68. The van der Waals surface area contributed by atoms with Gasteiger partial charge in [-0.2, -0.15) is 5.26 Å². The maximum Gasteiger partial charge on any atom is 0.282 e. The van der Waals surface area contributed by atoms with E-state index in [9.17, 15) is 4.79 Å². The number of quaternary nitrogens is 2. The molecule has 1 aromatic carbocycles. The number of nitriles is 1. The Kier molecular flexibility index (Phi) is 6.06. The molecule has 0 saturated carbocycles. The zero-order chi connectivity index (χ0) is 17.6. The summed E-state index contributed by atoms with van der Waals surface area (Å²) < 4.78 is 0. The Bertz CT molecular complexity index is 625. The van der Waals surface area contributed by atoms with Crippen LogP contribution in [0, 0.1) is 11.3 Å². The van der Waals surface area contributed by atoms with Crippen molar-refractivity contribution in [2.45, 2.75) is 51.1 Å². The van der Waals surface area contributed by atoms with Gasteiger partial charge in [-0.25, -0.2) is 0 Å². The number of nitrogens with zero attached hydrogens (tertiary/aromatic N) is 1. The van der Waals surface area contributed by atoms with E-state index in [1.807, 2.05) is 19.1 Å². The molecule has 5 heteroatoms. The molecule has 3 rings (SSSR count). The van der Waals surface area contributed by atoms with Gasteiger partial charge in [0, 0.05) is 12.8 Å². The van der Waals surface area contributed by atoms with Crippen LogP contribution in [-0.2, 0) is 4.79 Å². The van der Waals surface area contributed by atoms with Gasteiger partial charge in [-0.15, -0.1) is 0 Å². The fourth-order valence-electron chi connectivity index (χ4n) is 4.36. The van der Waals surface area contributed by atoms with Gasteiger partial charge in [0.2, 0.25) is 0 Å². The molecule has 0 radical (unpaired) electrons. The fraction of sp³-hybridized carbons (Fsp3) is 0.600. The van der Waals surface area contributed by atoms with E-state index in [2.05, 4.69) is 11.4 Å². The first-order chi connectivity index (χ1) is 12.2. The van der Waals surface area contributed by atoms with Gasteiger partial charge in [-0.1, -0.05) is 12.1 Å². The molecule has 134 valence electrons. The smallest absolute Gasteiger partial charge is 0.282 e. The number of likely N-dealkylation sites (tertiary alicyclic amines) is 2. The second-order valence-corrected chi connectivity index (χ2v) is 7.52. The molecule has 1 atom stereocenters. The molecule has 0 aliphatic carbocycles. The van der Waals surface area contributed by atoms with Crippen LogP contribution in [0.5, 0.6) is 0 Å². The lowest BCUT2D eigenvalue weighted by atomic mass is 9.99. The molecule has 2 saturated heterocycles. The van der Waals surface area contributed by atoms with Gasteiger partial charge >= 0.3 is 0 Å². The minimum absolute atomic E-state index is 0.0152. The number of carbonyl (C=O) groups excluding carboxylic acids is 1. The number of anilines is 1. The van der Waals surface area contributed by atoms with Crippen molar-refractivity contribution < 1.29 is 14.6 Å². The summed E-state index contributed by atoms with van der Waals surface area (Å²) in [6.45, 7) is 6.82. The van der Waals surface area contributed by atoms with Gasteiger partial charge in [0.1, 0.15) is 6.07 Å². The van der Waals surface area contributed by atoms with Crippen LogP contribution in [0.4, 0.5) is 5.69 Å². The molecule has 0 unspecified atom stereocenters. The average molecular weight is 342 g/mol. The highest BCUT2D eigenvalue weighted by Gasteiger charge is 2.34. The van der Waals surface area contributed by atoms with E-state index < -0.39 is 0 Å². The summed E-state index contributed by atoms with van der Waals surface area (Å²) >= 11 is 0. The van der Waals surface area contributed by atoms with Gasteiger partial charge in [0.05, 0.1) is 43.5 Å². The summed E-state index contributed by atoms with van der Waals surface area (Å²) in [5.74, 6) is 0.0152. The van der Waals surface area contributed by atoms with E-state index in [1.165, 1.54) is 50.1 Å². The lowest BCUT2D eigenvalue weighted by Crippen LogP contribution is -3.22. The summed E-state index contributed by atoms with van der Waals surface area (Å²) in [6.07, 6.45) is 6.59. The first-order valence-corrected chi connectivity index (χ1v) is 9.68. The van der Waals surface area contributed by atoms with Gasteiger partial charge in [0.25, 0.3) is 5.91 Å². The van der Waals surface area contributed by atoms with Crippen LogP contribution in [-0.4, -0.2) is 44.2 Å². The topological polar surface area (TPSA) is 61.8 Å². The predicted molar refractivity (Wildman–Crippen MR) is 97.5 cm³/mol. The van der Waals surface area contributed by atoms with Crippen LogP contribution in [0.25, 0.3) is 0 Å². The summed E-state index contributed by atoms with van der Waals surface area (Å²) in [5.41, 5.74) is 1.14. The third kappa shape index (κ3) is 4.39. The monoisotopic (exact) mass is 342 g/mol. The number of hydrogen-bond acceptors (Lipinski definition) is 2. The third-order valence-electron chi connectivity index (χ3n) is 6.01. The highest BCUT2D eigenvalue weighted by molar-refractivity contribution is 5.94. The molecule has 0 spiro atoms. The average Bonchev–Trinajstić information content (AvgIpc) is 2.68. The maximum atomic E-state index is 12.6. The lowest BCUT2D eigenvalue weighted by molar-refractivity contribution is -0.965. The molecule has 25 heavy (non-hydrogen) atoms. The molecular formula is C20H30N4O+2. The Morgan fingerprint density at radius 2 is 1.84 bits per heavy atom. The Labute approximate surface area is 150 Å². The summed E-state index contributed by atoms with van der Waals surface area (Å²) in [7, 11) is 0. The normalized spacial score (nSPS) is 25.8. The second kappa shape index (κ2) is 8.46. The molecule has 0 aromatic heterocycles. The Morgan fingerprint density at radius 3 is 2.52 bits per heavy atom. The number of rotatable bonds is 4. The van der Waals surface area contributed by atoms with Crippen LogP contribution < -0.4 is 15.1 Å². The second-order valence-electron chi connectivity index (χ2n) is 7.52. The maximum absolute atomic E-state index is 12.6. The van der Waals surface area contributed by atoms with Crippen LogP contribution in [0.1, 0.15) is 44.6 Å². The number of carbonyl (C=O) groups is 1. The SMILES string of the molecule is C[C@@H](C(=O)Nc1ccccc1C#N)[NH+]1CCC([NH+]2CCCCC2)CC1. The number of hydrogen-bond donors (Lipinski definition) is 3. The number of para-hydroxylation sites is 1. The highest BCUT2D eigenvalue weighted by atomic mass is 16.2. The number of nitrogens with one attached hydrogen (secondary N) is 3. The third-order valence-corrected chi connectivity index (χ3v) is 6.01. The molecule has 2 aliphatic heterocycles. The fourth-order valence-corrected chi connectivity index (χ4v) is 4.36. The van der Waals surface area contributed by atoms with Crippen molar-refractivity contribution in [1.82, 2.24) is 0 Å². The Morgan fingerprint density at radius 1 is 1.16 bits per heavy atom. The summed E-state index contributed by atoms with van der Waals surface area (Å²) in [4.78, 5) is 15.8. The highest BCUT2D eigenvalue weighted by Crippen LogP contribution is 2.13. The zero-order valence-electron chi connectivity index (χ0n) is 15.2. The molecule has 5 nitrogen and oxygen atoms in total. The minimum Gasteiger partial charge on any atom is -0.332 e. The van der Waals surface area contributed by atoms with Crippen molar-refractivity contribution in [3.05, 3.63) is 29.8 Å². The van der Waals surface area contributed by atoms with Crippen LogP contribution >= 0.6 is 0 Å². The van der Waals surface area contributed by atoms with Gasteiger partial charge in [0.15, 0.2) is 6.04 Å². The standard InChI is InChI=1S/C20H28N4O/c1-16(20(25)22-19-8-4-3-7-17(19)15-21)23-13-9-18(10-14-23)24-11-5-2-6-12-24/h3-4,7-8,16,18H,2,5-6,9-14H2,1H3,(H,22,25)/p+2/t16-/m0/s1. The van der Waals surface area contributed by atoms with Crippen molar-refractivity contribution in [3.63, 3.8) is 0 Å². The molecule has 2 aliphatic rings. The molecular weight excluding hydrogens is 312 g/mol. The van der Waals surface area contributed by atoms with Crippen LogP contribution in [0.2, 0.25) is 0 Å². The molecule has 1 aromatic rings. The van der Waals surface area contributed by atoms with Crippen molar-refractivity contribution in [3.8, 4) is 6.07 Å². The predicted octanol–water partition coefficient (Wildman–Crippen LogP) is 0.00138. The quantitative estimate of drug-likeness (QED) is 0.721. The Hall–Kier alpha value is -1.90. The molecule has 1 amide bonds. The molecule has 3 N–H and O–H groups in total. The van der Waals surface area contributed by atoms with Crippen molar-refractivity contribution in [2.24, 2.45) is 0 Å². The van der Waals surface area contributed by atoms with E-state index in [4.69, 9.17) is 5.26 Å². The first kappa shape index (κ1) is 17.9. The Balaban J connectivity index is 1.52.